The maximum atomic E-state index is 10.9. The first-order valence-corrected chi connectivity index (χ1v) is 7.56. The lowest BCUT2D eigenvalue weighted by Crippen LogP contribution is -2.18. The standard InChI is InChI=1S/C15H14BrClN2O2/c1-10(12-4-2-3-5-14(12)17)18-9-11-6-7-13(16)15(8-11)19(20)21/h2-8,10,18H,9H2,1H3/t10-/m0/s1. The Balaban J connectivity index is 2.08. The van der Waals surface area contributed by atoms with Crippen molar-refractivity contribution in [3.8, 4) is 0 Å². The SMILES string of the molecule is C[C@H](NCc1ccc(Br)c([N+](=O)[O-])c1)c1ccccc1Cl. The van der Waals surface area contributed by atoms with Crippen LogP contribution in [0.25, 0.3) is 0 Å². The van der Waals surface area contributed by atoms with Gasteiger partial charge in [0.15, 0.2) is 0 Å². The fraction of sp³-hybridized carbons (Fsp3) is 0.200. The summed E-state index contributed by atoms with van der Waals surface area (Å²) in [6, 6.07) is 12.8. The van der Waals surface area contributed by atoms with E-state index in [2.05, 4.69) is 21.2 Å². The molecule has 0 spiro atoms. The first-order chi connectivity index (χ1) is 9.99. The second-order valence-corrected chi connectivity index (χ2v) is 5.93. The zero-order chi connectivity index (χ0) is 15.4. The summed E-state index contributed by atoms with van der Waals surface area (Å²) in [4.78, 5) is 10.5. The molecule has 0 saturated carbocycles. The van der Waals surface area contributed by atoms with Crippen molar-refractivity contribution >= 4 is 33.2 Å². The predicted molar refractivity (Wildman–Crippen MR) is 87.5 cm³/mol. The van der Waals surface area contributed by atoms with Gasteiger partial charge in [0.05, 0.1) is 9.40 Å². The smallest absolute Gasteiger partial charge is 0.283 e. The van der Waals surface area contributed by atoms with Gasteiger partial charge in [-0.1, -0.05) is 35.9 Å². The zero-order valence-electron chi connectivity index (χ0n) is 11.3. The Morgan fingerprint density at radius 2 is 2.05 bits per heavy atom. The van der Waals surface area contributed by atoms with Gasteiger partial charge < -0.3 is 5.32 Å². The van der Waals surface area contributed by atoms with E-state index in [1.165, 1.54) is 0 Å². The first-order valence-electron chi connectivity index (χ1n) is 6.39. The molecule has 21 heavy (non-hydrogen) atoms. The van der Waals surface area contributed by atoms with Crippen LogP contribution >= 0.6 is 27.5 Å². The van der Waals surface area contributed by atoms with Crippen molar-refractivity contribution in [1.29, 1.82) is 0 Å². The number of halogens is 2. The van der Waals surface area contributed by atoms with E-state index < -0.39 is 4.92 Å². The molecule has 110 valence electrons. The predicted octanol–water partition coefficient (Wildman–Crippen LogP) is 4.86. The lowest BCUT2D eigenvalue weighted by Gasteiger charge is -2.15. The Labute approximate surface area is 136 Å². The number of nitrogens with zero attached hydrogens (tertiary/aromatic N) is 1. The molecule has 6 heteroatoms. The molecule has 1 N–H and O–H groups in total. The summed E-state index contributed by atoms with van der Waals surface area (Å²) < 4.78 is 0.482. The fourth-order valence-electron chi connectivity index (χ4n) is 2.02. The second kappa shape index (κ2) is 7.02. The van der Waals surface area contributed by atoms with Crippen molar-refractivity contribution in [2.24, 2.45) is 0 Å². The van der Waals surface area contributed by atoms with Crippen LogP contribution in [0.1, 0.15) is 24.1 Å². The van der Waals surface area contributed by atoms with Crippen LogP contribution in [0.4, 0.5) is 5.69 Å². The molecule has 0 aliphatic heterocycles. The Morgan fingerprint density at radius 1 is 1.33 bits per heavy atom. The maximum Gasteiger partial charge on any atom is 0.283 e. The summed E-state index contributed by atoms with van der Waals surface area (Å²) >= 11 is 9.33. The van der Waals surface area contributed by atoms with E-state index in [-0.39, 0.29) is 11.7 Å². The number of nitrogens with one attached hydrogen (secondary N) is 1. The third kappa shape index (κ3) is 4.03. The summed E-state index contributed by atoms with van der Waals surface area (Å²) in [5, 5.41) is 14.9. The van der Waals surface area contributed by atoms with Gasteiger partial charge in [0.25, 0.3) is 5.69 Å². The Kier molecular flexibility index (Phi) is 5.33. The summed E-state index contributed by atoms with van der Waals surface area (Å²) in [5.74, 6) is 0. The number of nitro groups is 1. The number of hydrogen-bond acceptors (Lipinski definition) is 3. The van der Waals surface area contributed by atoms with Crippen molar-refractivity contribution in [1.82, 2.24) is 5.32 Å². The molecule has 0 saturated heterocycles. The average Bonchev–Trinajstić information content (AvgIpc) is 2.46. The van der Waals surface area contributed by atoms with E-state index in [4.69, 9.17) is 11.6 Å². The van der Waals surface area contributed by atoms with Gasteiger partial charge >= 0.3 is 0 Å². The van der Waals surface area contributed by atoms with E-state index in [0.717, 1.165) is 11.1 Å². The summed E-state index contributed by atoms with van der Waals surface area (Å²) in [7, 11) is 0. The lowest BCUT2D eigenvalue weighted by atomic mass is 10.1. The molecule has 0 heterocycles. The highest BCUT2D eigenvalue weighted by atomic mass is 79.9. The van der Waals surface area contributed by atoms with Crippen LogP contribution in [0.15, 0.2) is 46.9 Å². The van der Waals surface area contributed by atoms with Crippen LogP contribution in [0.3, 0.4) is 0 Å². The molecule has 1 atom stereocenters. The molecule has 0 aliphatic carbocycles. The summed E-state index contributed by atoms with van der Waals surface area (Å²) in [6.45, 7) is 2.54. The van der Waals surface area contributed by atoms with Crippen LogP contribution < -0.4 is 5.32 Å². The summed E-state index contributed by atoms with van der Waals surface area (Å²) in [5.41, 5.74) is 1.93. The minimum Gasteiger partial charge on any atom is -0.306 e. The first kappa shape index (κ1) is 15.9. The van der Waals surface area contributed by atoms with E-state index in [1.807, 2.05) is 37.3 Å². The Morgan fingerprint density at radius 3 is 2.71 bits per heavy atom. The molecular formula is C15H14BrClN2O2. The van der Waals surface area contributed by atoms with Gasteiger partial charge in [0.1, 0.15) is 0 Å². The highest BCUT2D eigenvalue weighted by molar-refractivity contribution is 9.10. The van der Waals surface area contributed by atoms with Crippen LogP contribution in [0, 0.1) is 10.1 Å². The van der Waals surface area contributed by atoms with Crippen LogP contribution in [-0.2, 0) is 6.54 Å². The van der Waals surface area contributed by atoms with Crippen molar-refractivity contribution in [2.45, 2.75) is 19.5 Å². The van der Waals surface area contributed by atoms with Crippen LogP contribution in [0.2, 0.25) is 5.02 Å². The van der Waals surface area contributed by atoms with Gasteiger partial charge in [0, 0.05) is 23.7 Å². The van der Waals surface area contributed by atoms with Crippen LogP contribution in [0.5, 0.6) is 0 Å². The third-order valence-corrected chi connectivity index (χ3v) is 4.21. The molecule has 0 aromatic heterocycles. The van der Waals surface area contributed by atoms with Crippen molar-refractivity contribution in [3.05, 3.63) is 73.2 Å². The summed E-state index contributed by atoms with van der Waals surface area (Å²) in [6.07, 6.45) is 0. The monoisotopic (exact) mass is 368 g/mol. The van der Waals surface area contributed by atoms with E-state index in [9.17, 15) is 10.1 Å². The van der Waals surface area contributed by atoms with E-state index in [1.54, 1.807) is 12.1 Å². The van der Waals surface area contributed by atoms with Crippen molar-refractivity contribution in [3.63, 3.8) is 0 Å². The molecule has 0 aliphatic rings. The zero-order valence-corrected chi connectivity index (χ0v) is 13.7. The van der Waals surface area contributed by atoms with Crippen molar-refractivity contribution < 1.29 is 4.92 Å². The minimum absolute atomic E-state index is 0.0569. The van der Waals surface area contributed by atoms with Gasteiger partial charge in [-0.3, -0.25) is 10.1 Å². The molecule has 0 bridgehead atoms. The number of nitro benzene ring substituents is 1. The Hall–Kier alpha value is -1.43. The minimum atomic E-state index is -0.398. The lowest BCUT2D eigenvalue weighted by molar-refractivity contribution is -0.385. The molecule has 2 rings (SSSR count). The quantitative estimate of drug-likeness (QED) is 0.605. The largest absolute Gasteiger partial charge is 0.306 e. The van der Waals surface area contributed by atoms with Gasteiger partial charge in [-0.25, -0.2) is 0 Å². The van der Waals surface area contributed by atoms with Gasteiger partial charge in [-0.05, 0) is 46.1 Å². The molecule has 0 radical (unpaired) electrons. The van der Waals surface area contributed by atoms with Gasteiger partial charge in [-0.2, -0.15) is 0 Å². The van der Waals surface area contributed by atoms with Gasteiger partial charge in [0.2, 0.25) is 0 Å². The number of benzene rings is 2. The van der Waals surface area contributed by atoms with Crippen LogP contribution in [-0.4, -0.2) is 4.92 Å². The highest BCUT2D eigenvalue weighted by Crippen LogP contribution is 2.26. The fourth-order valence-corrected chi connectivity index (χ4v) is 2.71. The number of rotatable bonds is 5. The Bertz CT molecular complexity index is 664. The topological polar surface area (TPSA) is 55.2 Å². The average molecular weight is 370 g/mol. The molecule has 0 unspecified atom stereocenters. The highest BCUT2D eigenvalue weighted by Gasteiger charge is 2.13. The second-order valence-electron chi connectivity index (χ2n) is 4.67. The van der Waals surface area contributed by atoms with E-state index >= 15 is 0 Å². The molecule has 2 aromatic rings. The molecule has 0 amide bonds. The maximum absolute atomic E-state index is 10.9. The van der Waals surface area contributed by atoms with E-state index in [0.29, 0.717) is 16.0 Å². The number of hydrogen-bond donors (Lipinski definition) is 1. The molecule has 0 fully saturated rings. The molecular weight excluding hydrogens is 356 g/mol. The van der Waals surface area contributed by atoms with Crippen molar-refractivity contribution in [2.75, 3.05) is 0 Å². The molecule has 2 aromatic carbocycles. The normalized spacial score (nSPS) is 12.1. The third-order valence-electron chi connectivity index (χ3n) is 3.19. The molecule has 4 nitrogen and oxygen atoms in total. The van der Waals surface area contributed by atoms with Gasteiger partial charge in [-0.15, -0.1) is 0 Å².